The van der Waals surface area contributed by atoms with Crippen LogP contribution < -0.4 is 10.6 Å². The fourth-order valence-electron chi connectivity index (χ4n) is 2.12. The predicted molar refractivity (Wildman–Crippen MR) is 90.7 cm³/mol. The molecule has 0 spiro atoms. The first-order chi connectivity index (χ1) is 11.1. The van der Waals surface area contributed by atoms with Gasteiger partial charge < -0.3 is 15.4 Å². The zero-order chi connectivity index (χ0) is 16.7. The highest BCUT2D eigenvalue weighted by Gasteiger charge is 2.07. The zero-order valence-corrected chi connectivity index (χ0v) is 13.3. The molecule has 2 aromatic carbocycles. The van der Waals surface area contributed by atoms with Gasteiger partial charge in [0.2, 0.25) is 5.91 Å². The van der Waals surface area contributed by atoms with Crippen molar-refractivity contribution in [3.05, 3.63) is 59.7 Å². The molecule has 0 aliphatic carbocycles. The summed E-state index contributed by atoms with van der Waals surface area (Å²) in [5.74, 6) is -0.443. The quantitative estimate of drug-likeness (QED) is 0.804. The van der Waals surface area contributed by atoms with E-state index in [9.17, 15) is 9.59 Å². The van der Waals surface area contributed by atoms with Gasteiger partial charge in [-0.3, -0.25) is 4.79 Å². The fraction of sp³-hybridized carbons (Fsp3) is 0.222. The third-order valence-electron chi connectivity index (χ3n) is 3.38. The van der Waals surface area contributed by atoms with Gasteiger partial charge in [0.15, 0.2) is 0 Å². The Morgan fingerprint density at radius 2 is 1.87 bits per heavy atom. The first-order valence-electron chi connectivity index (χ1n) is 7.38. The standard InChI is InChI=1S/C18H20N2O3/c1-13-6-3-4-9-16(13)20-17(21)10-11-19-15-8-5-7-14(12-15)18(22)23-2/h3-9,12,19H,10-11H2,1-2H3,(H,20,21). The number of anilines is 2. The van der Waals surface area contributed by atoms with Crippen molar-refractivity contribution in [2.45, 2.75) is 13.3 Å². The Kier molecular flexibility index (Phi) is 5.74. The number of aryl methyl sites for hydroxylation is 1. The van der Waals surface area contributed by atoms with Crippen LogP contribution in [0.5, 0.6) is 0 Å². The third kappa shape index (κ3) is 4.85. The summed E-state index contributed by atoms with van der Waals surface area (Å²) in [6.45, 7) is 2.43. The van der Waals surface area contributed by atoms with Gasteiger partial charge in [-0.2, -0.15) is 0 Å². The number of ether oxygens (including phenoxy) is 1. The molecule has 0 atom stereocenters. The molecule has 0 saturated heterocycles. The van der Waals surface area contributed by atoms with E-state index in [1.54, 1.807) is 18.2 Å². The first kappa shape index (κ1) is 16.5. The van der Waals surface area contributed by atoms with Crippen LogP contribution in [-0.4, -0.2) is 25.5 Å². The van der Waals surface area contributed by atoms with Gasteiger partial charge in [0.25, 0.3) is 0 Å². The summed E-state index contributed by atoms with van der Waals surface area (Å²) in [5.41, 5.74) is 3.10. The number of methoxy groups -OCH3 is 1. The summed E-state index contributed by atoms with van der Waals surface area (Å²) in [6.07, 6.45) is 0.330. The van der Waals surface area contributed by atoms with Crippen molar-refractivity contribution in [1.29, 1.82) is 0 Å². The molecular formula is C18H20N2O3. The molecule has 0 bridgehead atoms. The van der Waals surface area contributed by atoms with Crippen LogP contribution in [0.15, 0.2) is 48.5 Å². The number of carbonyl (C=O) groups excluding carboxylic acids is 2. The molecule has 5 heteroatoms. The molecule has 0 fully saturated rings. The van der Waals surface area contributed by atoms with Crippen LogP contribution in [0.25, 0.3) is 0 Å². The Labute approximate surface area is 135 Å². The minimum atomic E-state index is -0.383. The van der Waals surface area contributed by atoms with E-state index in [1.165, 1.54) is 7.11 Å². The minimum absolute atomic E-state index is 0.0593. The van der Waals surface area contributed by atoms with Crippen molar-refractivity contribution in [2.24, 2.45) is 0 Å². The largest absolute Gasteiger partial charge is 0.465 e. The van der Waals surface area contributed by atoms with Gasteiger partial charge in [-0.1, -0.05) is 24.3 Å². The molecular weight excluding hydrogens is 292 g/mol. The zero-order valence-electron chi connectivity index (χ0n) is 13.3. The number of esters is 1. The molecule has 120 valence electrons. The van der Waals surface area contributed by atoms with E-state index < -0.39 is 0 Å². The molecule has 0 saturated carbocycles. The average Bonchev–Trinajstić information content (AvgIpc) is 2.56. The van der Waals surface area contributed by atoms with Gasteiger partial charge in [-0.25, -0.2) is 4.79 Å². The molecule has 23 heavy (non-hydrogen) atoms. The van der Waals surface area contributed by atoms with E-state index >= 15 is 0 Å². The van der Waals surface area contributed by atoms with Crippen LogP contribution in [0.2, 0.25) is 0 Å². The number of amides is 1. The third-order valence-corrected chi connectivity index (χ3v) is 3.38. The Morgan fingerprint density at radius 1 is 1.09 bits per heavy atom. The van der Waals surface area contributed by atoms with Crippen LogP contribution >= 0.6 is 0 Å². The van der Waals surface area contributed by atoms with Crippen molar-refractivity contribution in [3.8, 4) is 0 Å². The number of nitrogens with one attached hydrogen (secondary N) is 2. The average molecular weight is 312 g/mol. The maximum Gasteiger partial charge on any atom is 0.337 e. The van der Waals surface area contributed by atoms with Crippen molar-refractivity contribution in [3.63, 3.8) is 0 Å². The van der Waals surface area contributed by atoms with Crippen molar-refractivity contribution in [1.82, 2.24) is 0 Å². The number of hydrogen-bond donors (Lipinski definition) is 2. The lowest BCUT2D eigenvalue weighted by Gasteiger charge is -2.10. The van der Waals surface area contributed by atoms with Gasteiger partial charge in [-0.15, -0.1) is 0 Å². The number of rotatable bonds is 6. The van der Waals surface area contributed by atoms with E-state index in [-0.39, 0.29) is 11.9 Å². The summed E-state index contributed by atoms with van der Waals surface area (Å²) in [4.78, 5) is 23.4. The monoisotopic (exact) mass is 312 g/mol. The topological polar surface area (TPSA) is 67.4 Å². The smallest absolute Gasteiger partial charge is 0.337 e. The molecule has 0 aliphatic rings. The molecule has 0 aromatic heterocycles. The summed E-state index contributed by atoms with van der Waals surface area (Å²) in [6, 6.07) is 14.6. The van der Waals surface area contributed by atoms with E-state index in [1.807, 2.05) is 37.3 Å². The summed E-state index contributed by atoms with van der Waals surface area (Å²) in [5, 5.41) is 6.01. The fourth-order valence-corrected chi connectivity index (χ4v) is 2.12. The Morgan fingerprint density at radius 3 is 2.61 bits per heavy atom. The molecule has 0 radical (unpaired) electrons. The normalized spacial score (nSPS) is 10.0. The maximum atomic E-state index is 12.0. The molecule has 5 nitrogen and oxygen atoms in total. The van der Waals surface area contributed by atoms with E-state index in [2.05, 4.69) is 15.4 Å². The molecule has 2 rings (SSSR count). The summed E-state index contributed by atoms with van der Waals surface area (Å²) in [7, 11) is 1.35. The Bertz CT molecular complexity index is 698. The predicted octanol–water partition coefficient (Wildman–Crippen LogP) is 3.22. The van der Waals surface area contributed by atoms with Gasteiger partial charge in [0.05, 0.1) is 12.7 Å². The second-order valence-corrected chi connectivity index (χ2v) is 5.11. The Hall–Kier alpha value is -2.82. The number of carbonyl (C=O) groups is 2. The molecule has 0 aliphatic heterocycles. The Balaban J connectivity index is 1.84. The van der Waals surface area contributed by atoms with Gasteiger partial charge >= 0.3 is 5.97 Å². The van der Waals surface area contributed by atoms with Crippen LogP contribution in [-0.2, 0) is 9.53 Å². The van der Waals surface area contributed by atoms with E-state index in [4.69, 9.17) is 0 Å². The summed E-state index contributed by atoms with van der Waals surface area (Å²) < 4.78 is 4.68. The van der Waals surface area contributed by atoms with Crippen molar-refractivity contribution < 1.29 is 14.3 Å². The molecule has 2 N–H and O–H groups in total. The summed E-state index contributed by atoms with van der Waals surface area (Å²) >= 11 is 0. The molecule has 1 amide bonds. The van der Waals surface area contributed by atoms with Crippen molar-refractivity contribution in [2.75, 3.05) is 24.3 Å². The van der Waals surface area contributed by atoms with Crippen LogP contribution in [0.4, 0.5) is 11.4 Å². The van der Waals surface area contributed by atoms with Crippen molar-refractivity contribution >= 4 is 23.3 Å². The number of hydrogen-bond acceptors (Lipinski definition) is 4. The minimum Gasteiger partial charge on any atom is -0.465 e. The van der Waals surface area contributed by atoms with Crippen LogP contribution in [0, 0.1) is 6.92 Å². The van der Waals surface area contributed by atoms with Gasteiger partial charge in [0, 0.05) is 24.3 Å². The second-order valence-electron chi connectivity index (χ2n) is 5.11. The highest BCUT2D eigenvalue weighted by atomic mass is 16.5. The lowest BCUT2D eigenvalue weighted by Crippen LogP contribution is -2.16. The van der Waals surface area contributed by atoms with Crippen LogP contribution in [0.3, 0.4) is 0 Å². The van der Waals surface area contributed by atoms with E-state index in [0.29, 0.717) is 18.5 Å². The highest BCUT2D eigenvalue weighted by molar-refractivity contribution is 5.92. The first-order valence-corrected chi connectivity index (χ1v) is 7.38. The van der Waals surface area contributed by atoms with Gasteiger partial charge in [0.1, 0.15) is 0 Å². The van der Waals surface area contributed by atoms with E-state index in [0.717, 1.165) is 16.9 Å². The number of benzene rings is 2. The second kappa shape index (κ2) is 7.98. The maximum absolute atomic E-state index is 12.0. The number of para-hydroxylation sites is 1. The molecule has 0 unspecified atom stereocenters. The molecule has 0 heterocycles. The SMILES string of the molecule is COC(=O)c1cccc(NCCC(=O)Nc2ccccc2C)c1. The lowest BCUT2D eigenvalue weighted by molar-refractivity contribution is -0.115. The molecule has 2 aromatic rings. The highest BCUT2D eigenvalue weighted by Crippen LogP contribution is 2.14. The van der Waals surface area contributed by atoms with Crippen LogP contribution in [0.1, 0.15) is 22.3 Å². The lowest BCUT2D eigenvalue weighted by atomic mass is 10.2. The van der Waals surface area contributed by atoms with Gasteiger partial charge in [-0.05, 0) is 36.8 Å².